The fourth-order valence-corrected chi connectivity index (χ4v) is 2.24. The van der Waals surface area contributed by atoms with Crippen molar-refractivity contribution in [3.8, 4) is 5.75 Å². The Hall–Kier alpha value is -1.30. The first-order chi connectivity index (χ1) is 9.76. The van der Waals surface area contributed by atoms with Crippen molar-refractivity contribution in [2.75, 3.05) is 24.6 Å². The molecule has 1 atom stereocenters. The zero-order valence-corrected chi connectivity index (χ0v) is 13.3. The van der Waals surface area contributed by atoms with Gasteiger partial charge in [0.25, 0.3) is 5.91 Å². The second-order valence-corrected chi connectivity index (χ2v) is 6.63. The molecule has 2 N–H and O–H groups in total. The number of rotatable bonds is 4. The molecule has 0 aromatic heterocycles. The maximum absolute atomic E-state index is 12.0. The van der Waals surface area contributed by atoms with Crippen molar-refractivity contribution >= 4 is 23.2 Å². The van der Waals surface area contributed by atoms with Crippen LogP contribution in [0, 0.1) is 0 Å². The second kappa shape index (κ2) is 6.22. The third-order valence-electron chi connectivity index (χ3n) is 3.13. The topological polar surface area (TPSA) is 61.8 Å². The van der Waals surface area contributed by atoms with Crippen molar-refractivity contribution in [1.29, 1.82) is 0 Å². The number of carbonyl (C=O) groups is 1. The van der Waals surface area contributed by atoms with Crippen molar-refractivity contribution in [2.24, 2.45) is 0 Å². The van der Waals surface area contributed by atoms with Crippen LogP contribution in [0.15, 0.2) is 18.2 Å². The summed E-state index contributed by atoms with van der Waals surface area (Å²) in [5.41, 5.74) is 0.519. The number of nitrogens with one attached hydrogen (secondary N) is 1. The molecule has 1 amide bonds. The summed E-state index contributed by atoms with van der Waals surface area (Å²) < 4.78 is 5.37. The Morgan fingerprint density at radius 1 is 1.48 bits per heavy atom. The van der Waals surface area contributed by atoms with E-state index in [1.54, 1.807) is 18.2 Å². The molecule has 0 saturated heterocycles. The Labute approximate surface area is 129 Å². The van der Waals surface area contributed by atoms with Crippen LogP contribution in [0.4, 0.5) is 5.69 Å². The summed E-state index contributed by atoms with van der Waals surface area (Å²) in [6.07, 6.45) is -0.668. The summed E-state index contributed by atoms with van der Waals surface area (Å²) in [6, 6.07) is 5.13. The third-order valence-corrected chi connectivity index (χ3v) is 3.36. The van der Waals surface area contributed by atoms with Gasteiger partial charge in [-0.1, -0.05) is 11.6 Å². The van der Waals surface area contributed by atoms with E-state index in [0.29, 0.717) is 23.0 Å². The van der Waals surface area contributed by atoms with Crippen molar-refractivity contribution < 1.29 is 14.6 Å². The molecular weight excluding hydrogens is 292 g/mol. The molecule has 0 aliphatic carbocycles. The van der Waals surface area contributed by atoms with Crippen LogP contribution in [-0.4, -0.2) is 42.4 Å². The number of ether oxygens (including phenoxy) is 1. The number of hydrogen-bond donors (Lipinski definition) is 2. The molecule has 6 heteroatoms. The fraction of sp³-hybridized carbons (Fsp3) is 0.533. The third kappa shape index (κ3) is 4.33. The SMILES string of the molecule is CC(C)(C)NCC(O)CN1C(=O)COc2ccc(Cl)cc21. The maximum atomic E-state index is 12.0. The van der Waals surface area contributed by atoms with Gasteiger partial charge < -0.3 is 20.1 Å². The molecule has 5 nitrogen and oxygen atoms in total. The quantitative estimate of drug-likeness (QED) is 0.890. The zero-order chi connectivity index (χ0) is 15.6. The van der Waals surface area contributed by atoms with Gasteiger partial charge in [-0.25, -0.2) is 0 Å². The molecule has 1 unspecified atom stereocenters. The number of β-amino-alcohol motifs (C(OH)–C–C–N with tert-alkyl or cyclic N) is 1. The van der Waals surface area contributed by atoms with Gasteiger partial charge in [-0.05, 0) is 39.0 Å². The number of aliphatic hydroxyl groups excluding tert-OH is 1. The molecule has 116 valence electrons. The van der Waals surface area contributed by atoms with Crippen molar-refractivity contribution in [1.82, 2.24) is 5.32 Å². The highest BCUT2D eigenvalue weighted by atomic mass is 35.5. The van der Waals surface area contributed by atoms with E-state index < -0.39 is 6.10 Å². The van der Waals surface area contributed by atoms with Crippen LogP contribution in [0.2, 0.25) is 5.02 Å². The van der Waals surface area contributed by atoms with E-state index in [2.05, 4.69) is 5.32 Å². The number of hydrogen-bond acceptors (Lipinski definition) is 4. The van der Waals surface area contributed by atoms with Crippen LogP contribution in [-0.2, 0) is 4.79 Å². The Morgan fingerprint density at radius 2 is 2.19 bits per heavy atom. The number of amides is 1. The molecule has 0 spiro atoms. The first kappa shape index (κ1) is 16.1. The Morgan fingerprint density at radius 3 is 2.86 bits per heavy atom. The molecule has 2 rings (SSSR count). The monoisotopic (exact) mass is 312 g/mol. The van der Waals surface area contributed by atoms with Crippen LogP contribution in [0.3, 0.4) is 0 Å². The largest absolute Gasteiger partial charge is 0.482 e. The van der Waals surface area contributed by atoms with E-state index in [1.165, 1.54) is 4.90 Å². The molecule has 0 saturated carbocycles. The van der Waals surface area contributed by atoms with E-state index >= 15 is 0 Å². The van der Waals surface area contributed by atoms with Gasteiger partial charge in [0.05, 0.1) is 18.3 Å². The number of aliphatic hydroxyl groups is 1. The van der Waals surface area contributed by atoms with E-state index in [-0.39, 0.29) is 24.6 Å². The minimum atomic E-state index is -0.668. The van der Waals surface area contributed by atoms with Crippen molar-refractivity contribution in [3.05, 3.63) is 23.2 Å². The summed E-state index contributed by atoms with van der Waals surface area (Å²) in [6.45, 7) is 6.66. The number of anilines is 1. The van der Waals surface area contributed by atoms with Crippen LogP contribution >= 0.6 is 11.6 Å². The minimum Gasteiger partial charge on any atom is -0.482 e. The highest BCUT2D eigenvalue weighted by Gasteiger charge is 2.27. The van der Waals surface area contributed by atoms with Gasteiger partial charge in [0.15, 0.2) is 6.61 Å². The molecule has 1 aromatic carbocycles. The molecule has 0 bridgehead atoms. The highest BCUT2D eigenvalue weighted by molar-refractivity contribution is 6.31. The Kier molecular flexibility index (Phi) is 4.76. The fourth-order valence-electron chi connectivity index (χ4n) is 2.07. The van der Waals surface area contributed by atoms with E-state index in [9.17, 15) is 9.90 Å². The van der Waals surface area contributed by atoms with Crippen LogP contribution in [0.25, 0.3) is 0 Å². The number of carbonyl (C=O) groups excluding carboxylic acids is 1. The summed E-state index contributed by atoms with van der Waals surface area (Å²) in [5.74, 6) is 0.426. The smallest absolute Gasteiger partial charge is 0.265 e. The van der Waals surface area contributed by atoms with Gasteiger partial charge in [-0.3, -0.25) is 4.79 Å². The summed E-state index contributed by atoms with van der Waals surface area (Å²) >= 11 is 5.98. The van der Waals surface area contributed by atoms with Gasteiger partial charge in [0.2, 0.25) is 0 Å². The van der Waals surface area contributed by atoms with Gasteiger partial charge in [-0.2, -0.15) is 0 Å². The van der Waals surface area contributed by atoms with Crippen LogP contribution in [0.1, 0.15) is 20.8 Å². The zero-order valence-electron chi connectivity index (χ0n) is 12.5. The lowest BCUT2D eigenvalue weighted by atomic mass is 10.1. The summed E-state index contributed by atoms with van der Waals surface area (Å²) in [5, 5.41) is 13.9. The van der Waals surface area contributed by atoms with E-state index in [4.69, 9.17) is 16.3 Å². The van der Waals surface area contributed by atoms with Gasteiger partial charge >= 0.3 is 0 Å². The Balaban J connectivity index is 2.09. The van der Waals surface area contributed by atoms with Gasteiger partial charge in [-0.15, -0.1) is 0 Å². The highest BCUT2D eigenvalue weighted by Crippen LogP contribution is 2.34. The van der Waals surface area contributed by atoms with Crippen LogP contribution in [0.5, 0.6) is 5.75 Å². The van der Waals surface area contributed by atoms with Crippen molar-refractivity contribution in [3.63, 3.8) is 0 Å². The number of nitrogens with zero attached hydrogens (tertiary/aromatic N) is 1. The number of fused-ring (bicyclic) bond motifs is 1. The first-order valence-electron chi connectivity index (χ1n) is 6.92. The predicted molar refractivity (Wildman–Crippen MR) is 83.1 cm³/mol. The molecule has 1 heterocycles. The van der Waals surface area contributed by atoms with Gasteiger partial charge in [0, 0.05) is 17.1 Å². The van der Waals surface area contributed by atoms with E-state index in [0.717, 1.165) is 0 Å². The minimum absolute atomic E-state index is 0.0198. The Bertz CT molecular complexity index is 528. The summed E-state index contributed by atoms with van der Waals surface area (Å²) in [7, 11) is 0. The molecule has 1 aliphatic heterocycles. The molecule has 1 aliphatic rings. The van der Waals surface area contributed by atoms with Crippen LogP contribution < -0.4 is 15.0 Å². The molecule has 0 radical (unpaired) electrons. The number of benzene rings is 1. The average molecular weight is 313 g/mol. The molecule has 1 aromatic rings. The normalized spacial score (nSPS) is 16.4. The molecule has 0 fully saturated rings. The van der Waals surface area contributed by atoms with Crippen molar-refractivity contribution in [2.45, 2.75) is 32.4 Å². The average Bonchev–Trinajstić information content (AvgIpc) is 2.39. The lowest BCUT2D eigenvalue weighted by molar-refractivity contribution is -0.121. The van der Waals surface area contributed by atoms with E-state index in [1.807, 2.05) is 20.8 Å². The predicted octanol–water partition coefficient (Wildman–Crippen LogP) is 1.81. The lowest BCUT2D eigenvalue weighted by Crippen LogP contribution is -2.48. The molecular formula is C15H21ClN2O3. The first-order valence-corrected chi connectivity index (χ1v) is 7.30. The van der Waals surface area contributed by atoms with Gasteiger partial charge in [0.1, 0.15) is 5.75 Å². The number of halogens is 1. The second-order valence-electron chi connectivity index (χ2n) is 6.19. The lowest BCUT2D eigenvalue weighted by Gasteiger charge is -2.32. The molecule has 21 heavy (non-hydrogen) atoms. The maximum Gasteiger partial charge on any atom is 0.265 e. The summed E-state index contributed by atoms with van der Waals surface area (Å²) in [4.78, 5) is 13.6. The standard InChI is InChI=1S/C15H21ClN2O3/c1-15(2,3)17-7-11(19)8-18-12-6-10(16)4-5-13(12)21-9-14(18)20/h4-6,11,17,19H,7-9H2,1-3H3.